The standard InChI is InChI=1S/C23H43N5O3.HI/c1-7-24-21(25-13-10-20(29)26-17(2)3)27-14-11-19(12-15-27)28(16-18-8-9-18)22(30)31-23(4,5)6;/h17-19H,7-16H2,1-6H3,(H,24,25)(H,26,29);1H. The first-order valence-corrected chi connectivity index (χ1v) is 11.9. The van der Waals surface area contributed by atoms with Crippen molar-refractivity contribution in [1.29, 1.82) is 0 Å². The maximum atomic E-state index is 12.8. The number of piperidine rings is 1. The molecule has 32 heavy (non-hydrogen) atoms. The molecule has 0 aromatic carbocycles. The summed E-state index contributed by atoms with van der Waals surface area (Å²) in [6.07, 6.45) is 4.40. The summed E-state index contributed by atoms with van der Waals surface area (Å²) in [5, 5.41) is 6.25. The summed E-state index contributed by atoms with van der Waals surface area (Å²) in [7, 11) is 0. The third-order valence-electron chi connectivity index (χ3n) is 5.37. The van der Waals surface area contributed by atoms with Crippen molar-refractivity contribution < 1.29 is 14.3 Å². The number of guanidine groups is 1. The summed E-state index contributed by atoms with van der Waals surface area (Å²) < 4.78 is 5.70. The van der Waals surface area contributed by atoms with Gasteiger partial charge in [-0.15, -0.1) is 24.0 Å². The van der Waals surface area contributed by atoms with Crippen molar-refractivity contribution in [3.05, 3.63) is 0 Å². The molecular formula is C23H44IN5O3. The lowest BCUT2D eigenvalue weighted by Gasteiger charge is -2.40. The highest BCUT2D eigenvalue weighted by molar-refractivity contribution is 14.0. The molecule has 1 saturated heterocycles. The van der Waals surface area contributed by atoms with E-state index in [2.05, 4.69) is 20.5 Å². The molecule has 186 valence electrons. The van der Waals surface area contributed by atoms with Gasteiger partial charge in [0.15, 0.2) is 5.96 Å². The van der Waals surface area contributed by atoms with Gasteiger partial charge in [-0.3, -0.25) is 9.79 Å². The molecule has 1 saturated carbocycles. The smallest absolute Gasteiger partial charge is 0.410 e. The number of hydrogen-bond donors (Lipinski definition) is 2. The third kappa shape index (κ3) is 10.6. The first kappa shape index (κ1) is 28.8. The van der Waals surface area contributed by atoms with Crippen LogP contribution in [0.5, 0.6) is 0 Å². The van der Waals surface area contributed by atoms with Crippen molar-refractivity contribution in [3.8, 4) is 0 Å². The molecule has 2 amide bonds. The van der Waals surface area contributed by atoms with Crippen LogP contribution < -0.4 is 10.6 Å². The number of nitrogens with zero attached hydrogens (tertiary/aromatic N) is 3. The molecule has 0 bridgehead atoms. The average molecular weight is 566 g/mol. The number of amides is 2. The minimum Gasteiger partial charge on any atom is -0.444 e. The van der Waals surface area contributed by atoms with Gasteiger partial charge in [0.1, 0.15) is 5.60 Å². The lowest BCUT2D eigenvalue weighted by atomic mass is 10.0. The van der Waals surface area contributed by atoms with Crippen LogP contribution in [0.15, 0.2) is 4.99 Å². The molecule has 2 rings (SSSR count). The molecule has 0 aromatic heterocycles. The van der Waals surface area contributed by atoms with E-state index in [9.17, 15) is 9.59 Å². The Morgan fingerprint density at radius 2 is 1.78 bits per heavy atom. The molecule has 0 unspecified atom stereocenters. The molecule has 2 aliphatic rings. The van der Waals surface area contributed by atoms with E-state index in [0.717, 1.165) is 45.0 Å². The lowest BCUT2D eigenvalue weighted by Crippen LogP contribution is -2.52. The van der Waals surface area contributed by atoms with Crippen molar-refractivity contribution in [2.75, 3.05) is 32.7 Å². The fourth-order valence-electron chi connectivity index (χ4n) is 3.74. The molecule has 0 spiro atoms. The molecule has 1 heterocycles. The summed E-state index contributed by atoms with van der Waals surface area (Å²) in [6, 6.07) is 0.346. The summed E-state index contributed by atoms with van der Waals surface area (Å²) in [5.41, 5.74) is -0.480. The van der Waals surface area contributed by atoms with Crippen LogP contribution in [0.2, 0.25) is 0 Å². The second-order valence-electron chi connectivity index (χ2n) is 10.0. The van der Waals surface area contributed by atoms with Gasteiger partial charge < -0.3 is 25.2 Å². The number of ether oxygens (including phenoxy) is 1. The predicted molar refractivity (Wildman–Crippen MR) is 140 cm³/mol. The van der Waals surface area contributed by atoms with E-state index in [1.807, 2.05) is 46.4 Å². The molecule has 8 nitrogen and oxygen atoms in total. The van der Waals surface area contributed by atoms with Crippen molar-refractivity contribution in [1.82, 2.24) is 20.4 Å². The van der Waals surface area contributed by atoms with Gasteiger partial charge in [-0.05, 0) is 73.1 Å². The van der Waals surface area contributed by atoms with Crippen molar-refractivity contribution in [2.24, 2.45) is 10.9 Å². The normalized spacial score (nSPS) is 17.6. The number of carbonyl (C=O) groups excluding carboxylic acids is 2. The van der Waals surface area contributed by atoms with Crippen LogP contribution in [-0.2, 0) is 9.53 Å². The Kier molecular flexibility index (Phi) is 12.1. The lowest BCUT2D eigenvalue weighted by molar-refractivity contribution is -0.121. The number of hydrogen-bond acceptors (Lipinski definition) is 4. The Balaban J connectivity index is 0.00000512. The van der Waals surface area contributed by atoms with E-state index in [1.165, 1.54) is 12.8 Å². The SMILES string of the molecule is CCNC(=NCCC(=O)NC(C)C)N1CCC(N(CC2CC2)C(=O)OC(C)(C)C)CC1.I. The number of rotatable bonds is 8. The number of halogens is 1. The van der Waals surface area contributed by atoms with Crippen LogP contribution in [0, 0.1) is 5.92 Å². The van der Waals surface area contributed by atoms with E-state index < -0.39 is 5.60 Å². The van der Waals surface area contributed by atoms with Gasteiger partial charge in [0.05, 0.1) is 6.54 Å². The summed E-state index contributed by atoms with van der Waals surface area (Å²) in [5.74, 6) is 1.51. The van der Waals surface area contributed by atoms with Gasteiger partial charge in [0.2, 0.25) is 5.91 Å². The van der Waals surface area contributed by atoms with Crippen molar-refractivity contribution >= 4 is 41.9 Å². The van der Waals surface area contributed by atoms with Gasteiger partial charge in [-0.25, -0.2) is 4.79 Å². The first-order chi connectivity index (χ1) is 14.6. The molecule has 1 aliphatic heterocycles. The predicted octanol–water partition coefficient (Wildman–Crippen LogP) is 3.60. The van der Waals surface area contributed by atoms with Crippen LogP contribution in [-0.4, -0.2) is 78.2 Å². The number of aliphatic imine (C=N–C) groups is 1. The van der Waals surface area contributed by atoms with E-state index >= 15 is 0 Å². The van der Waals surface area contributed by atoms with E-state index in [-0.39, 0.29) is 48.1 Å². The molecule has 2 fully saturated rings. The van der Waals surface area contributed by atoms with Gasteiger partial charge >= 0.3 is 6.09 Å². The average Bonchev–Trinajstić information content (AvgIpc) is 3.48. The highest BCUT2D eigenvalue weighted by Crippen LogP contribution is 2.32. The van der Waals surface area contributed by atoms with Crippen LogP contribution in [0.25, 0.3) is 0 Å². The summed E-state index contributed by atoms with van der Waals surface area (Å²) >= 11 is 0. The van der Waals surface area contributed by atoms with Gasteiger partial charge in [0.25, 0.3) is 0 Å². The van der Waals surface area contributed by atoms with Crippen LogP contribution in [0.3, 0.4) is 0 Å². The maximum Gasteiger partial charge on any atom is 0.410 e. The third-order valence-corrected chi connectivity index (χ3v) is 5.37. The number of nitrogens with one attached hydrogen (secondary N) is 2. The largest absolute Gasteiger partial charge is 0.444 e. The van der Waals surface area contributed by atoms with Crippen molar-refractivity contribution in [2.45, 2.75) is 91.3 Å². The minimum absolute atomic E-state index is 0. The van der Waals surface area contributed by atoms with Gasteiger partial charge in [-0.1, -0.05) is 0 Å². The van der Waals surface area contributed by atoms with Gasteiger partial charge in [0, 0.05) is 44.7 Å². The van der Waals surface area contributed by atoms with E-state index in [4.69, 9.17) is 4.74 Å². The first-order valence-electron chi connectivity index (χ1n) is 11.9. The fourth-order valence-corrected chi connectivity index (χ4v) is 3.74. The van der Waals surface area contributed by atoms with Crippen LogP contribution >= 0.6 is 24.0 Å². The molecule has 0 atom stereocenters. The number of likely N-dealkylation sites (tertiary alicyclic amines) is 1. The van der Waals surface area contributed by atoms with Crippen molar-refractivity contribution in [3.63, 3.8) is 0 Å². The Labute approximate surface area is 211 Å². The Morgan fingerprint density at radius 1 is 1.16 bits per heavy atom. The molecule has 1 aliphatic carbocycles. The Hall–Kier alpha value is -1.26. The molecule has 9 heteroatoms. The molecule has 0 radical (unpaired) electrons. The quantitative estimate of drug-likeness (QED) is 0.267. The van der Waals surface area contributed by atoms with Crippen LogP contribution in [0.4, 0.5) is 4.79 Å². The zero-order valence-corrected chi connectivity index (χ0v) is 23.1. The van der Waals surface area contributed by atoms with E-state index in [0.29, 0.717) is 18.9 Å². The summed E-state index contributed by atoms with van der Waals surface area (Å²) in [4.78, 5) is 33.6. The van der Waals surface area contributed by atoms with E-state index in [1.54, 1.807) is 0 Å². The molecule has 2 N–H and O–H groups in total. The highest BCUT2D eigenvalue weighted by atomic mass is 127. The zero-order valence-electron chi connectivity index (χ0n) is 20.8. The minimum atomic E-state index is -0.480. The summed E-state index contributed by atoms with van der Waals surface area (Å²) in [6.45, 7) is 15.4. The Bertz CT molecular complexity index is 624. The molecule has 0 aromatic rings. The Morgan fingerprint density at radius 3 is 2.28 bits per heavy atom. The number of carbonyl (C=O) groups is 2. The second-order valence-corrected chi connectivity index (χ2v) is 10.0. The fraction of sp³-hybridized carbons (Fsp3) is 0.870. The maximum absolute atomic E-state index is 12.8. The molecular weight excluding hydrogens is 521 g/mol. The monoisotopic (exact) mass is 565 g/mol. The second kappa shape index (κ2) is 13.4. The highest BCUT2D eigenvalue weighted by Gasteiger charge is 2.35. The topological polar surface area (TPSA) is 86.3 Å². The zero-order chi connectivity index (χ0) is 23.0. The van der Waals surface area contributed by atoms with Crippen LogP contribution in [0.1, 0.15) is 73.6 Å². The van der Waals surface area contributed by atoms with Gasteiger partial charge in [-0.2, -0.15) is 0 Å².